The van der Waals surface area contributed by atoms with Crippen LogP contribution in [0.25, 0.3) is 0 Å². The van der Waals surface area contributed by atoms with E-state index in [4.69, 9.17) is 4.74 Å². The Morgan fingerprint density at radius 3 is 2.19 bits per heavy atom. The lowest BCUT2D eigenvalue weighted by Gasteiger charge is -2.34. The van der Waals surface area contributed by atoms with Crippen molar-refractivity contribution < 1.29 is 18.7 Å². The molecule has 1 saturated heterocycles. The molecule has 1 heterocycles. The number of likely N-dealkylation sites (tertiary alicyclic amines) is 1. The van der Waals surface area contributed by atoms with Crippen LogP contribution in [0.15, 0.2) is 24.3 Å². The summed E-state index contributed by atoms with van der Waals surface area (Å²) in [6.07, 6.45) is 13.1. The summed E-state index contributed by atoms with van der Waals surface area (Å²) in [5, 5.41) is 3.33. The highest BCUT2D eigenvalue weighted by atomic mass is 19.1. The van der Waals surface area contributed by atoms with Gasteiger partial charge in [-0.3, -0.25) is 9.59 Å². The Morgan fingerprint density at radius 1 is 0.917 bits per heavy atom. The monoisotopic (exact) mass is 500 g/mol. The number of halogens is 1. The molecule has 2 saturated carbocycles. The average Bonchev–Trinajstić information content (AvgIpc) is 2.90. The topological polar surface area (TPSA) is 58.6 Å². The van der Waals surface area contributed by atoms with Gasteiger partial charge in [0.05, 0.1) is 6.10 Å². The van der Waals surface area contributed by atoms with Crippen molar-refractivity contribution in [3.63, 3.8) is 0 Å². The van der Waals surface area contributed by atoms with E-state index < -0.39 is 0 Å². The number of hydrogen-bond acceptors (Lipinski definition) is 4. The van der Waals surface area contributed by atoms with Crippen LogP contribution in [-0.4, -0.2) is 55.0 Å². The zero-order valence-corrected chi connectivity index (χ0v) is 22.1. The lowest BCUT2D eigenvalue weighted by Crippen LogP contribution is -2.40. The highest BCUT2D eigenvalue weighted by Gasteiger charge is 2.28. The third-order valence-electron chi connectivity index (χ3n) is 8.82. The first-order valence-corrected chi connectivity index (χ1v) is 14.4. The second-order valence-electron chi connectivity index (χ2n) is 11.4. The highest BCUT2D eigenvalue weighted by Crippen LogP contribution is 2.30. The van der Waals surface area contributed by atoms with E-state index in [0.29, 0.717) is 30.0 Å². The first-order valence-electron chi connectivity index (χ1n) is 14.4. The van der Waals surface area contributed by atoms with E-state index >= 15 is 0 Å². The predicted molar refractivity (Wildman–Crippen MR) is 140 cm³/mol. The molecule has 1 aromatic carbocycles. The van der Waals surface area contributed by atoms with Gasteiger partial charge >= 0.3 is 0 Å². The molecule has 200 valence electrons. The van der Waals surface area contributed by atoms with Gasteiger partial charge in [0.1, 0.15) is 5.82 Å². The molecule has 4 rings (SSSR count). The quantitative estimate of drug-likeness (QED) is 0.414. The van der Waals surface area contributed by atoms with Gasteiger partial charge in [0.25, 0.3) is 0 Å². The molecular formula is C30H45FN2O3. The lowest BCUT2D eigenvalue weighted by molar-refractivity contribution is -0.123. The normalized spacial score (nSPS) is 28.1. The number of carbonyl (C=O) groups excluding carboxylic acids is 2. The van der Waals surface area contributed by atoms with E-state index in [1.807, 2.05) is 0 Å². The molecule has 5 nitrogen and oxygen atoms in total. The van der Waals surface area contributed by atoms with Crippen LogP contribution in [0.3, 0.4) is 0 Å². The fourth-order valence-electron chi connectivity index (χ4n) is 6.52. The van der Waals surface area contributed by atoms with Crippen molar-refractivity contribution in [2.45, 2.75) is 96.1 Å². The van der Waals surface area contributed by atoms with Gasteiger partial charge in [-0.25, -0.2) is 4.39 Å². The number of hydrogen-bond donors (Lipinski definition) is 1. The molecule has 0 atom stereocenters. The Balaban J connectivity index is 1.07. The van der Waals surface area contributed by atoms with Crippen LogP contribution in [0.5, 0.6) is 0 Å². The van der Waals surface area contributed by atoms with Gasteiger partial charge in [-0.2, -0.15) is 0 Å². The maximum atomic E-state index is 13.1. The van der Waals surface area contributed by atoms with Crippen LogP contribution >= 0.6 is 0 Å². The number of piperidine rings is 1. The summed E-state index contributed by atoms with van der Waals surface area (Å²) in [4.78, 5) is 27.8. The third-order valence-corrected chi connectivity index (χ3v) is 8.82. The zero-order valence-electron chi connectivity index (χ0n) is 22.1. The van der Waals surface area contributed by atoms with Crippen molar-refractivity contribution >= 4 is 11.7 Å². The first kappa shape index (κ1) is 27.3. The van der Waals surface area contributed by atoms with Crippen molar-refractivity contribution in [1.29, 1.82) is 0 Å². The summed E-state index contributed by atoms with van der Waals surface area (Å²) in [7, 11) is 0. The largest absolute Gasteiger partial charge is 0.379 e. The zero-order chi connectivity index (χ0) is 25.3. The van der Waals surface area contributed by atoms with Gasteiger partial charge in [-0.1, -0.05) is 0 Å². The summed E-state index contributed by atoms with van der Waals surface area (Å²) >= 11 is 0. The van der Waals surface area contributed by atoms with Crippen molar-refractivity contribution in [2.75, 3.05) is 26.2 Å². The molecule has 1 N–H and O–H groups in total. The van der Waals surface area contributed by atoms with Gasteiger partial charge in [-0.05, 0) is 133 Å². The van der Waals surface area contributed by atoms with Crippen LogP contribution in [0, 0.1) is 23.6 Å². The molecule has 1 amide bonds. The van der Waals surface area contributed by atoms with E-state index in [0.717, 1.165) is 83.5 Å². The van der Waals surface area contributed by atoms with E-state index in [2.05, 4.69) is 17.1 Å². The molecule has 2 aliphatic carbocycles. The van der Waals surface area contributed by atoms with Crippen molar-refractivity contribution in [2.24, 2.45) is 17.8 Å². The SMILES string of the molecule is CCOC1CCC(CC(=O)NC2CCC(CCN3CCC(C(=O)c4ccc(F)cc4)CC3)CC2)CC1. The fourth-order valence-corrected chi connectivity index (χ4v) is 6.52. The number of Topliss-reactive ketones (excluding diaryl/α,β-unsaturated/α-hetero) is 1. The average molecular weight is 501 g/mol. The minimum atomic E-state index is -0.298. The molecular weight excluding hydrogens is 455 g/mol. The number of carbonyl (C=O) groups is 2. The summed E-state index contributed by atoms with van der Waals surface area (Å²) in [5.74, 6) is 1.43. The van der Waals surface area contributed by atoms with E-state index in [1.165, 1.54) is 31.4 Å². The van der Waals surface area contributed by atoms with Crippen molar-refractivity contribution in [3.05, 3.63) is 35.6 Å². The number of benzene rings is 1. The smallest absolute Gasteiger partial charge is 0.220 e. The summed E-state index contributed by atoms with van der Waals surface area (Å²) in [5.41, 5.74) is 0.632. The minimum Gasteiger partial charge on any atom is -0.379 e. The summed E-state index contributed by atoms with van der Waals surface area (Å²) < 4.78 is 18.9. The molecule has 36 heavy (non-hydrogen) atoms. The van der Waals surface area contributed by atoms with Gasteiger partial charge < -0.3 is 15.0 Å². The van der Waals surface area contributed by atoms with Crippen LogP contribution < -0.4 is 5.32 Å². The molecule has 6 heteroatoms. The Hall–Kier alpha value is -1.79. The standard InChI is InChI=1S/C30H45FN2O3/c1-2-36-28-13-5-23(6-14-28)21-29(34)32-27-11-3-22(4-12-27)15-18-33-19-16-25(17-20-33)30(35)24-7-9-26(31)10-8-24/h7-10,22-23,25,27-28H,2-6,11-21H2,1H3,(H,32,34). The third kappa shape index (κ3) is 8.11. The van der Waals surface area contributed by atoms with Gasteiger partial charge in [0.2, 0.25) is 5.91 Å². The minimum absolute atomic E-state index is 0.0606. The summed E-state index contributed by atoms with van der Waals surface area (Å²) in [6, 6.07) is 6.31. The predicted octanol–water partition coefficient (Wildman–Crippen LogP) is 5.77. The van der Waals surface area contributed by atoms with Crippen LogP contribution in [0.2, 0.25) is 0 Å². The molecule has 3 fully saturated rings. The van der Waals surface area contributed by atoms with Gasteiger partial charge in [-0.15, -0.1) is 0 Å². The summed E-state index contributed by atoms with van der Waals surface area (Å²) in [6.45, 7) is 5.88. The van der Waals surface area contributed by atoms with E-state index in [1.54, 1.807) is 12.1 Å². The van der Waals surface area contributed by atoms with Crippen LogP contribution in [-0.2, 0) is 9.53 Å². The Kier molecular flexibility index (Phi) is 10.3. The first-order chi connectivity index (χ1) is 17.5. The molecule has 3 aliphatic rings. The lowest BCUT2D eigenvalue weighted by atomic mass is 9.83. The van der Waals surface area contributed by atoms with E-state index in [-0.39, 0.29) is 23.4 Å². The molecule has 0 spiro atoms. The Labute approximate surface area is 216 Å². The number of nitrogens with zero attached hydrogens (tertiary/aromatic N) is 1. The Morgan fingerprint density at radius 2 is 1.56 bits per heavy atom. The maximum absolute atomic E-state index is 13.1. The maximum Gasteiger partial charge on any atom is 0.220 e. The molecule has 0 bridgehead atoms. The molecule has 0 radical (unpaired) electrons. The number of amides is 1. The van der Waals surface area contributed by atoms with Crippen molar-refractivity contribution in [3.8, 4) is 0 Å². The van der Waals surface area contributed by atoms with Crippen molar-refractivity contribution in [1.82, 2.24) is 10.2 Å². The second kappa shape index (κ2) is 13.7. The number of rotatable bonds is 10. The van der Waals surface area contributed by atoms with Gasteiger partial charge in [0.15, 0.2) is 5.78 Å². The molecule has 1 aliphatic heterocycles. The number of ketones is 1. The second-order valence-corrected chi connectivity index (χ2v) is 11.4. The van der Waals surface area contributed by atoms with E-state index in [9.17, 15) is 14.0 Å². The number of nitrogens with one attached hydrogen (secondary N) is 1. The number of ether oxygens (including phenoxy) is 1. The Bertz CT molecular complexity index is 821. The van der Waals surface area contributed by atoms with Crippen LogP contribution in [0.4, 0.5) is 4.39 Å². The van der Waals surface area contributed by atoms with Gasteiger partial charge in [0, 0.05) is 30.6 Å². The fraction of sp³-hybridized carbons (Fsp3) is 0.733. The molecule has 0 unspecified atom stereocenters. The highest BCUT2D eigenvalue weighted by molar-refractivity contribution is 5.97. The van der Waals surface area contributed by atoms with Crippen LogP contribution in [0.1, 0.15) is 94.3 Å². The molecule has 1 aromatic rings. The molecule has 0 aromatic heterocycles.